The first kappa shape index (κ1) is 16.4. The van der Waals surface area contributed by atoms with Gasteiger partial charge in [0.25, 0.3) is 0 Å². The van der Waals surface area contributed by atoms with Crippen LogP contribution in [0.4, 0.5) is 0 Å². The van der Waals surface area contributed by atoms with Crippen molar-refractivity contribution in [2.24, 2.45) is 11.7 Å². The number of likely N-dealkylation sites (N-methyl/N-ethyl adjacent to an activating group) is 1. The van der Waals surface area contributed by atoms with Gasteiger partial charge in [0.05, 0.1) is 19.6 Å². The fourth-order valence-corrected chi connectivity index (χ4v) is 1.06. The average molecular weight is 258 g/mol. The standard InChI is InChI=1S/C11H22N4O3/c1-8(2)5-13-10(17)7-15(3)11(18)6-14-9(16)4-12/h8H,4-7,12H2,1-3H3,(H,13,17)(H,14,16). The molecule has 7 nitrogen and oxygen atoms in total. The summed E-state index contributed by atoms with van der Waals surface area (Å²) in [5, 5.41) is 5.05. The first-order valence-electron chi connectivity index (χ1n) is 5.84. The molecule has 0 aliphatic heterocycles. The second-order valence-corrected chi connectivity index (χ2v) is 4.43. The van der Waals surface area contributed by atoms with E-state index in [-0.39, 0.29) is 31.4 Å². The van der Waals surface area contributed by atoms with Crippen LogP contribution >= 0.6 is 0 Å². The zero-order valence-electron chi connectivity index (χ0n) is 11.2. The smallest absolute Gasteiger partial charge is 0.242 e. The van der Waals surface area contributed by atoms with Gasteiger partial charge < -0.3 is 21.3 Å². The summed E-state index contributed by atoms with van der Waals surface area (Å²) in [7, 11) is 1.51. The fourth-order valence-electron chi connectivity index (χ4n) is 1.06. The molecule has 0 bridgehead atoms. The molecule has 0 heterocycles. The van der Waals surface area contributed by atoms with Gasteiger partial charge in [0.1, 0.15) is 0 Å². The second-order valence-electron chi connectivity index (χ2n) is 4.43. The Morgan fingerprint density at radius 1 is 1.17 bits per heavy atom. The quantitative estimate of drug-likeness (QED) is 0.506. The Morgan fingerprint density at radius 3 is 2.28 bits per heavy atom. The van der Waals surface area contributed by atoms with Gasteiger partial charge >= 0.3 is 0 Å². The summed E-state index contributed by atoms with van der Waals surface area (Å²) in [5.41, 5.74) is 5.08. The van der Waals surface area contributed by atoms with Gasteiger partial charge in [0, 0.05) is 13.6 Å². The van der Waals surface area contributed by atoms with Gasteiger partial charge in [-0.1, -0.05) is 13.8 Å². The molecule has 0 saturated heterocycles. The fraction of sp³-hybridized carbons (Fsp3) is 0.727. The topological polar surface area (TPSA) is 105 Å². The van der Waals surface area contributed by atoms with Gasteiger partial charge in [-0.3, -0.25) is 14.4 Å². The van der Waals surface area contributed by atoms with E-state index in [0.29, 0.717) is 12.5 Å². The summed E-state index contributed by atoms with van der Waals surface area (Å²) < 4.78 is 0. The van der Waals surface area contributed by atoms with Crippen molar-refractivity contribution in [3.63, 3.8) is 0 Å². The minimum Gasteiger partial charge on any atom is -0.354 e. The van der Waals surface area contributed by atoms with Gasteiger partial charge in [-0.25, -0.2) is 0 Å². The van der Waals surface area contributed by atoms with Crippen LogP contribution in [0.3, 0.4) is 0 Å². The highest BCUT2D eigenvalue weighted by Crippen LogP contribution is 1.88. The second kappa shape index (κ2) is 8.46. The van der Waals surface area contributed by atoms with E-state index < -0.39 is 5.91 Å². The monoisotopic (exact) mass is 258 g/mol. The van der Waals surface area contributed by atoms with E-state index in [0.717, 1.165) is 0 Å². The highest BCUT2D eigenvalue weighted by Gasteiger charge is 2.13. The van der Waals surface area contributed by atoms with Gasteiger partial charge in [0.2, 0.25) is 17.7 Å². The molecule has 0 rings (SSSR count). The molecule has 0 aromatic carbocycles. The SMILES string of the molecule is CC(C)CNC(=O)CN(C)C(=O)CNC(=O)CN. The number of nitrogens with one attached hydrogen (secondary N) is 2. The number of nitrogens with zero attached hydrogens (tertiary/aromatic N) is 1. The number of rotatable bonds is 7. The van der Waals surface area contributed by atoms with Crippen LogP contribution < -0.4 is 16.4 Å². The molecule has 0 aromatic rings. The number of carbonyl (C=O) groups is 3. The summed E-state index contributed by atoms with van der Waals surface area (Å²) in [6, 6.07) is 0. The Morgan fingerprint density at radius 2 is 1.78 bits per heavy atom. The van der Waals surface area contributed by atoms with Crippen LogP contribution in [0.1, 0.15) is 13.8 Å². The molecule has 7 heteroatoms. The van der Waals surface area contributed by atoms with Crippen LogP contribution in [0, 0.1) is 5.92 Å². The highest BCUT2D eigenvalue weighted by molar-refractivity contribution is 5.88. The van der Waals surface area contributed by atoms with E-state index in [1.165, 1.54) is 11.9 Å². The summed E-state index contributed by atoms with van der Waals surface area (Å²) in [6.07, 6.45) is 0. The molecular weight excluding hydrogens is 236 g/mol. The van der Waals surface area contributed by atoms with E-state index in [2.05, 4.69) is 10.6 Å². The Hall–Kier alpha value is -1.63. The van der Waals surface area contributed by atoms with E-state index in [4.69, 9.17) is 5.73 Å². The average Bonchev–Trinajstić information content (AvgIpc) is 2.32. The maximum Gasteiger partial charge on any atom is 0.242 e. The molecule has 0 aliphatic rings. The Balaban J connectivity index is 3.92. The lowest BCUT2D eigenvalue weighted by Gasteiger charge is -2.17. The highest BCUT2D eigenvalue weighted by atomic mass is 16.2. The summed E-state index contributed by atoms with van der Waals surface area (Å²) in [4.78, 5) is 35.1. The lowest BCUT2D eigenvalue weighted by molar-refractivity contribution is -0.135. The van der Waals surface area contributed by atoms with Crippen LogP contribution in [-0.2, 0) is 14.4 Å². The molecule has 0 spiro atoms. The molecule has 4 N–H and O–H groups in total. The van der Waals surface area contributed by atoms with Crippen LogP contribution in [0.15, 0.2) is 0 Å². The summed E-state index contributed by atoms with van der Waals surface area (Å²) >= 11 is 0. The maximum atomic E-state index is 11.5. The molecule has 0 radical (unpaired) electrons. The first-order valence-corrected chi connectivity index (χ1v) is 5.84. The number of carbonyl (C=O) groups excluding carboxylic acids is 3. The largest absolute Gasteiger partial charge is 0.354 e. The molecule has 0 unspecified atom stereocenters. The number of amides is 3. The van der Waals surface area contributed by atoms with Gasteiger partial charge in [-0.05, 0) is 5.92 Å². The molecule has 3 amide bonds. The molecule has 104 valence electrons. The predicted octanol–water partition coefficient (Wildman–Crippen LogP) is -1.71. The van der Waals surface area contributed by atoms with Crippen molar-refractivity contribution in [3.8, 4) is 0 Å². The van der Waals surface area contributed by atoms with Gasteiger partial charge in [0.15, 0.2) is 0 Å². The lowest BCUT2D eigenvalue weighted by atomic mass is 10.2. The van der Waals surface area contributed by atoms with Crippen molar-refractivity contribution in [3.05, 3.63) is 0 Å². The van der Waals surface area contributed by atoms with E-state index in [9.17, 15) is 14.4 Å². The molecular formula is C11H22N4O3. The number of nitrogens with two attached hydrogens (primary N) is 1. The van der Waals surface area contributed by atoms with E-state index in [1.807, 2.05) is 13.8 Å². The zero-order valence-corrected chi connectivity index (χ0v) is 11.2. The van der Waals surface area contributed by atoms with Crippen molar-refractivity contribution in [2.45, 2.75) is 13.8 Å². The van der Waals surface area contributed by atoms with Crippen molar-refractivity contribution >= 4 is 17.7 Å². The van der Waals surface area contributed by atoms with Crippen molar-refractivity contribution in [1.82, 2.24) is 15.5 Å². The van der Waals surface area contributed by atoms with Crippen molar-refractivity contribution in [2.75, 3.05) is 33.2 Å². The molecule has 0 saturated carbocycles. The lowest BCUT2D eigenvalue weighted by Crippen LogP contribution is -2.44. The summed E-state index contributed by atoms with van der Waals surface area (Å²) in [6.45, 7) is 4.21. The third-order valence-corrected chi connectivity index (χ3v) is 2.14. The normalized spacial score (nSPS) is 10.1. The molecule has 0 aliphatic carbocycles. The molecule has 18 heavy (non-hydrogen) atoms. The summed E-state index contributed by atoms with van der Waals surface area (Å²) in [5.74, 6) is -0.596. The van der Waals surface area contributed by atoms with E-state index >= 15 is 0 Å². The zero-order chi connectivity index (χ0) is 14.1. The van der Waals surface area contributed by atoms with Gasteiger partial charge in [-0.15, -0.1) is 0 Å². The van der Waals surface area contributed by atoms with Crippen molar-refractivity contribution in [1.29, 1.82) is 0 Å². The third-order valence-electron chi connectivity index (χ3n) is 2.14. The molecule has 0 atom stereocenters. The molecule has 0 fully saturated rings. The van der Waals surface area contributed by atoms with Crippen LogP contribution in [0.25, 0.3) is 0 Å². The van der Waals surface area contributed by atoms with Crippen LogP contribution in [-0.4, -0.2) is 55.8 Å². The molecule has 0 aromatic heterocycles. The Bertz CT molecular complexity index is 305. The van der Waals surface area contributed by atoms with Crippen LogP contribution in [0.5, 0.6) is 0 Å². The van der Waals surface area contributed by atoms with Crippen LogP contribution in [0.2, 0.25) is 0 Å². The number of hydrogen-bond acceptors (Lipinski definition) is 4. The first-order chi connectivity index (χ1) is 8.36. The number of hydrogen-bond donors (Lipinski definition) is 3. The van der Waals surface area contributed by atoms with Crippen molar-refractivity contribution < 1.29 is 14.4 Å². The Labute approximate surface area is 107 Å². The maximum absolute atomic E-state index is 11.5. The van der Waals surface area contributed by atoms with E-state index in [1.54, 1.807) is 0 Å². The Kier molecular flexibility index (Phi) is 7.69. The predicted molar refractivity (Wildman–Crippen MR) is 67.5 cm³/mol. The van der Waals surface area contributed by atoms with Gasteiger partial charge in [-0.2, -0.15) is 0 Å². The minimum absolute atomic E-state index is 0.0238. The third kappa shape index (κ3) is 7.61. The minimum atomic E-state index is -0.402.